The summed E-state index contributed by atoms with van der Waals surface area (Å²) in [5.74, 6) is 0.731. The summed E-state index contributed by atoms with van der Waals surface area (Å²) in [5, 5.41) is 7.51. The molecule has 1 aromatic heterocycles. The Balaban J connectivity index is 2.48. The van der Waals surface area contributed by atoms with E-state index in [1.807, 2.05) is 17.9 Å². The molecule has 1 atom stereocenters. The Kier molecular flexibility index (Phi) is 4.66. The number of nitrogens with zero attached hydrogens (tertiary/aromatic N) is 2. The molecule has 0 fully saturated rings. The molecule has 14 heavy (non-hydrogen) atoms. The summed E-state index contributed by atoms with van der Waals surface area (Å²) in [7, 11) is 2.01. The maximum absolute atomic E-state index is 4.28. The lowest BCUT2D eigenvalue weighted by Gasteiger charge is -2.12. The fourth-order valence-corrected chi connectivity index (χ4v) is 1.67. The van der Waals surface area contributed by atoms with Crippen LogP contribution >= 0.6 is 0 Å². The third-order valence-electron chi connectivity index (χ3n) is 2.61. The normalized spacial score (nSPS) is 13.1. The molecule has 0 aliphatic carbocycles. The van der Waals surface area contributed by atoms with Gasteiger partial charge in [-0.15, -0.1) is 0 Å². The first kappa shape index (κ1) is 11.2. The van der Waals surface area contributed by atoms with E-state index in [-0.39, 0.29) is 0 Å². The number of rotatable bonds is 6. The number of hydrogen-bond acceptors (Lipinski definition) is 2. The lowest BCUT2D eigenvalue weighted by Crippen LogP contribution is -2.19. The van der Waals surface area contributed by atoms with Crippen LogP contribution in [0.2, 0.25) is 0 Å². The second-order valence-corrected chi connectivity index (χ2v) is 3.74. The molecule has 1 unspecified atom stereocenters. The van der Waals surface area contributed by atoms with Gasteiger partial charge < -0.3 is 5.32 Å². The number of nitrogens with one attached hydrogen (secondary N) is 1. The van der Waals surface area contributed by atoms with Gasteiger partial charge in [0, 0.05) is 12.7 Å². The highest BCUT2D eigenvalue weighted by Gasteiger charge is 2.07. The molecule has 0 aliphatic rings. The molecular formula is C11H21N3. The van der Waals surface area contributed by atoms with Crippen LogP contribution in [0.1, 0.15) is 25.8 Å². The quantitative estimate of drug-likeness (QED) is 0.748. The molecule has 1 N–H and O–H groups in total. The molecule has 0 spiro atoms. The lowest BCUT2D eigenvalue weighted by molar-refractivity contribution is 0.481. The van der Waals surface area contributed by atoms with Crippen LogP contribution in [-0.2, 0) is 13.0 Å². The minimum absolute atomic E-state index is 0.731. The maximum Gasteiger partial charge on any atom is 0.0521 e. The third-order valence-corrected chi connectivity index (χ3v) is 2.61. The Bertz CT molecular complexity index is 255. The molecule has 0 bridgehead atoms. The van der Waals surface area contributed by atoms with E-state index >= 15 is 0 Å². The van der Waals surface area contributed by atoms with Crippen molar-refractivity contribution in [3.63, 3.8) is 0 Å². The Morgan fingerprint density at radius 3 is 2.79 bits per heavy atom. The minimum Gasteiger partial charge on any atom is -0.319 e. The second kappa shape index (κ2) is 5.81. The van der Waals surface area contributed by atoms with E-state index in [9.17, 15) is 0 Å². The summed E-state index contributed by atoms with van der Waals surface area (Å²) in [4.78, 5) is 0. The van der Waals surface area contributed by atoms with Crippen molar-refractivity contribution in [2.75, 3.05) is 13.6 Å². The van der Waals surface area contributed by atoms with Gasteiger partial charge in [-0.2, -0.15) is 5.10 Å². The Labute approximate surface area is 86.5 Å². The number of hydrogen-bond donors (Lipinski definition) is 1. The molecule has 0 saturated carbocycles. The van der Waals surface area contributed by atoms with Crippen LogP contribution in [0.25, 0.3) is 0 Å². The molecule has 80 valence electrons. The van der Waals surface area contributed by atoms with E-state index in [1.165, 1.54) is 12.0 Å². The molecule has 0 aromatic carbocycles. The van der Waals surface area contributed by atoms with Gasteiger partial charge in [0.25, 0.3) is 0 Å². The summed E-state index contributed by atoms with van der Waals surface area (Å²) in [6.45, 7) is 6.41. The van der Waals surface area contributed by atoms with Gasteiger partial charge in [0.2, 0.25) is 0 Å². The molecule has 0 saturated heterocycles. The van der Waals surface area contributed by atoms with Gasteiger partial charge in [0.05, 0.1) is 6.20 Å². The Morgan fingerprint density at radius 1 is 1.50 bits per heavy atom. The first-order chi connectivity index (χ1) is 6.80. The van der Waals surface area contributed by atoms with Crippen LogP contribution in [0.4, 0.5) is 0 Å². The molecular weight excluding hydrogens is 174 g/mol. The molecule has 3 heteroatoms. The Morgan fingerprint density at radius 2 is 2.29 bits per heavy atom. The van der Waals surface area contributed by atoms with Gasteiger partial charge >= 0.3 is 0 Å². The van der Waals surface area contributed by atoms with Crippen LogP contribution in [-0.4, -0.2) is 23.4 Å². The van der Waals surface area contributed by atoms with Crippen molar-refractivity contribution in [2.45, 2.75) is 33.2 Å². The van der Waals surface area contributed by atoms with Crippen LogP contribution in [0.3, 0.4) is 0 Å². The minimum atomic E-state index is 0.731. The molecule has 0 amide bonds. The highest BCUT2D eigenvalue weighted by Crippen LogP contribution is 2.10. The Hall–Kier alpha value is -0.830. The topological polar surface area (TPSA) is 29.9 Å². The molecule has 3 nitrogen and oxygen atoms in total. The van der Waals surface area contributed by atoms with Gasteiger partial charge in [0.15, 0.2) is 0 Å². The van der Waals surface area contributed by atoms with Crippen molar-refractivity contribution >= 4 is 0 Å². The summed E-state index contributed by atoms with van der Waals surface area (Å²) in [5.41, 5.74) is 1.36. The molecule has 1 heterocycles. The molecule has 0 radical (unpaired) electrons. The predicted molar refractivity (Wildman–Crippen MR) is 59.3 cm³/mol. The van der Waals surface area contributed by atoms with Crippen LogP contribution in [0, 0.1) is 5.92 Å². The zero-order valence-corrected chi connectivity index (χ0v) is 9.45. The van der Waals surface area contributed by atoms with E-state index in [0.29, 0.717) is 0 Å². The maximum atomic E-state index is 4.28. The first-order valence-corrected chi connectivity index (χ1v) is 5.46. The summed E-state index contributed by atoms with van der Waals surface area (Å²) < 4.78 is 1.99. The molecule has 0 aliphatic heterocycles. The molecule has 1 aromatic rings. The van der Waals surface area contributed by atoms with Crippen molar-refractivity contribution in [3.05, 3.63) is 18.0 Å². The van der Waals surface area contributed by atoms with Crippen molar-refractivity contribution in [1.82, 2.24) is 15.1 Å². The lowest BCUT2D eigenvalue weighted by atomic mass is 9.99. The number of aromatic nitrogens is 2. The van der Waals surface area contributed by atoms with Crippen molar-refractivity contribution in [1.29, 1.82) is 0 Å². The van der Waals surface area contributed by atoms with Crippen LogP contribution in [0.15, 0.2) is 12.4 Å². The third kappa shape index (κ3) is 3.14. The fraction of sp³-hybridized carbons (Fsp3) is 0.727. The van der Waals surface area contributed by atoms with Gasteiger partial charge in [-0.25, -0.2) is 0 Å². The highest BCUT2D eigenvalue weighted by molar-refractivity contribution is 5.05. The van der Waals surface area contributed by atoms with E-state index in [4.69, 9.17) is 0 Å². The largest absolute Gasteiger partial charge is 0.319 e. The average Bonchev–Trinajstić information content (AvgIpc) is 2.65. The fourth-order valence-electron chi connectivity index (χ4n) is 1.67. The molecule has 1 rings (SSSR count). The predicted octanol–water partition coefficient (Wildman–Crippen LogP) is 1.69. The van der Waals surface area contributed by atoms with E-state index in [0.717, 1.165) is 25.4 Å². The summed E-state index contributed by atoms with van der Waals surface area (Å²) in [6.07, 6.45) is 6.50. The van der Waals surface area contributed by atoms with Crippen molar-refractivity contribution in [3.8, 4) is 0 Å². The van der Waals surface area contributed by atoms with Crippen LogP contribution in [0.5, 0.6) is 0 Å². The highest BCUT2D eigenvalue weighted by atomic mass is 15.3. The average molecular weight is 195 g/mol. The standard InChI is InChI=1S/C11H21N3/c1-4-10(7-12-3)6-11-8-13-14(5-2)9-11/h8-10,12H,4-7H2,1-3H3. The van der Waals surface area contributed by atoms with Crippen molar-refractivity contribution < 1.29 is 0 Å². The SMILES string of the molecule is CCC(CNC)Cc1cnn(CC)c1. The smallest absolute Gasteiger partial charge is 0.0521 e. The van der Waals surface area contributed by atoms with Gasteiger partial charge in [0.1, 0.15) is 0 Å². The van der Waals surface area contributed by atoms with Gasteiger partial charge in [-0.05, 0) is 38.4 Å². The first-order valence-electron chi connectivity index (χ1n) is 5.46. The van der Waals surface area contributed by atoms with E-state index in [2.05, 4.69) is 30.5 Å². The van der Waals surface area contributed by atoms with Gasteiger partial charge in [-0.1, -0.05) is 13.3 Å². The van der Waals surface area contributed by atoms with E-state index in [1.54, 1.807) is 0 Å². The van der Waals surface area contributed by atoms with Crippen LogP contribution < -0.4 is 5.32 Å². The second-order valence-electron chi connectivity index (χ2n) is 3.74. The van der Waals surface area contributed by atoms with Crippen molar-refractivity contribution in [2.24, 2.45) is 5.92 Å². The van der Waals surface area contributed by atoms with Gasteiger partial charge in [-0.3, -0.25) is 4.68 Å². The van der Waals surface area contributed by atoms with E-state index < -0.39 is 0 Å². The summed E-state index contributed by atoms with van der Waals surface area (Å²) >= 11 is 0. The summed E-state index contributed by atoms with van der Waals surface area (Å²) in [6, 6.07) is 0. The zero-order chi connectivity index (χ0) is 10.4. The number of aryl methyl sites for hydroxylation is 1. The zero-order valence-electron chi connectivity index (χ0n) is 9.45. The monoisotopic (exact) mass is 195 g/mol.